The van der Waals surface area contributed by atoms with Gasteiger partial charge in [-0.3, -0.25) is 4.79 Å². The Balaban J connectivity index is 1.81. The molecular formula is C14H13NO3S2. The number of thiophene rings is 1. The van der Waals surface area contributed by atoms with Gasteiger partial charge in [0, 0.05) is 17.1 Å². The summed E-state index contributed by atoms with van der Waals surface area (Å²) in [5.41, 5.74) is 0.372. The molecule has 0 aliphatic heterocycles. The fourth-order valence-corrected chi connectivity index (χ4v) is 3.12. The van der Waals surface area contributed by atoms with Crippen LogP contribution in [0.1, 0.15) is 16.1 Å². The monoisotopic (exact) mass is 307 g/mol. The van der Waals surface area contributed by atoms with E-state index >= 15 is 0 Å². The first-order chi connectivity index (χ1) is 9.66. The average Bonchev–Trinajstić information content (AvgIpc) is 2.88. The first-order valence-corrected chi connectivity index (χ1v) is 7.82. The Kier molecular flexibility index (Phi) is 5.20. The number of carbonyl (C=O) groups excluding carboxylic acids is 1. The summed E-state index contributed by atoms with van der Waals surface area (Å²) >= 11 is 2.70. The quantitative estimate of drug-likeness (QED) is 0.801. The molecule has 1 aromatic carbocycles. The second-order valence-electron chi connectivity index (χ2n) is 3.93. The van der Waals surface area contributed by atoms with Crippen LogP contribution in [0.4, 0.5) is 5.69 Å². The van der Waals surface area contributed by atoms with Gasteiger partial charge in [-0.15, -0.1) is 23.1 Å². The molecule has 0 aliphatic rings. The molecule has 0 fully saturated rings. The van der Waals surface area contributed by atoms with Crippen molar-refractivity contribution in [2.45, 2.75) is 11.3 Å². The van der Waals surface area contributed by atoms with Gasteiger partial charge in [-0.2, -0.15) is 0 Å². The highest BCUT2D eigenvalue weighted by Gasteiger charge is 2.13. The molecule has 1 aromatic heterocycles. The SMILES string of the molecule is O=C(CCSc1ccccc1)Nc1ccsc1C(=O)O. The summed E-state index contributed by atoms with van der Waals surface area (Å²) in [7, 11) is 0. The number of anilines is 1. The van der Waals surface area contributed by atoms with E-state index in [2.05, 4.69) is 5.32 Å². The highest BCUT2D eigenvalue weighted by atomic mass is 32.2. The molecule has 0 saturated carbocycles. The molecule has 0 atom stereocenters. The molecule has 2 rings (SSSR count). The number of benzene rings is 1. The summed E-state index contributed by atoms with van der Waals surface area (Å²) in [5, 5.41) is 13.2. The second-order valence-corrected chi connectivity index (χ2v) is 6.01. The Morgan fingerprint density at radius 1 is 1.20 bits per heavy atom. The highest BCUT2D eigenvalue weighted by Crippen LogP contribution is 2.23. The third-order valence-corrected chi connectivity index (χ3v) is 4.39. The van der Waals surface area contributed by atoms with Crippen LogP contribution in [0, 0.1) is 0 Å². The molecule has 0 aliphatic carbocycles. The molecule has 0 bridgehead atoms. The summed E-state index contributed by atoms with van der Waals surface area (Å²) in [6, 6.07) is 11.4. The van der Waals surface area contributed by atoms with Crippen LogP contribution in [0.3, 0.4) is 0 Å². The van der Waals surface area contributed by atoms with E-state index in [1.165, 1.54) is 0 Å². The van der Waals surface area contributed by atoms with Crippen molar-refractivity contribution in [2.24, 2.45) is 0 Å². The minimum Gasteiger partial charge on any atom is -0.477 e. The van der Waals surface area contributed by atoms with Crippen LogP contribution in [0.25, 0.3) is 0 Å². The third kappa shape index (κ3) is 4.11. The molecule has 0 saturated heterocycles. The molecule has 2 N–H and O–H groups in total. The summed E-state index contributed by atoms with van der Waals surface area (Å²) < 4.78 is 0. The Bertz CT molecular complexity index is 595. The number of amides is 1. The van der Waals surface area contributed by atoms with Crippen LogP contribution < -0.4 is 5.32 Å². The van der Waals surface area contributed by atoms with Gasteiger partial charge in [-0.25, -0.2) is 4.79 Å². The lowest BCUT2D eigenvalue weighted by Crippen LogP contribution is -2.13. The van der Waals surface area contributed by atoms with Crippen LogP contribution in [0.2, 0.25) is 0 Å². The van der Waals surface area contributed by atoms with Crippen LogP contribution in [-0.4, -0.2) is 22.7 Å². The summed E-state index contributed by atoms with van der Waals surface area (Å²) in [4.78, 5) is 24.0. The molecule has 20 heavy (non-hydrogen) atoms. The average molecular weight is 307 g/mol. The number of carboxylic acids is 1. The number of nitrogens with one attached hydrogen (secondary N) is 1. The molecule has 0 unspecified atom stereocenters. The molecule has 4 nitrogen and oxygen atoms in total. The Morgan fingerprint density at radius 3 is 2.65 bits per heavy atom. The van der Waals surface area contributed by atoms with Crippen molar-refractivity contribution < 1.29 is 14.7 Å². The first kappa shape index (κ1) is 14.6. The van der Waals surface area contributed by atoms with E-state index < -0.39 is 5.97 Å². The number of thioether (sulfide) groups is 1. The Morgan fingerprint density at radius 2 is 1.95 bits per heavy atom. The maximum atomic E-state index is 11.8. The van der Waals surface area contributed by atoms with E-state index in [0.29, 0.717) is 17.9 Å². The van der Waals surface area contributed by atoms with Crippen LogP contribution in [0.15, 0.2) is 46.7 Å². The van der Waals surface area contributed by atoms with Crippen molar-refractivity contribution in [1.29, 1.82) is 0 Å². The van der Waals surface area contributed by atoms with Crippen molar-refractivity contribution in [2.75, 3.05) is 11.1 Å². The van der Waals surface area contributed by atoms with Gasteiger partial charge in [0.25, 0.3) is 0 Å². The number of carbonyl (C=O) groups is 2. The van der Waals surface area contributed by atoms with Gasteiger partial charge < -0.3 is 10.4 Å². The van der Waals surface area contributed by atoms with Gasteiger partial charge in [0.05, 0.1) is 5.69 Å². The minimum absolute atomic E-state index is 0.161. The van der Waals surface area contributed by atoms with Crippen molar-refractivity contribution in [1.82, 2.24) is 0 Å². The number of hydrogen-bond acceptors (Lipinski definition) is 4. The maximum Gasteiger partial charge on any atom is 0.348 e. The van der Waals surface area contributed by atoms with E-state index in [1.807, 2.05) is 30.3 Å². The zero-order valence-electron chi connectivity index (χ0n) is 10.5. The fraction of sp³-hybridized carbons (Fsp3) is 0.143. The summed E-state index contributed by atoms with van der Waals surface area (Å²) in [5.74, 6) is -0.536. The number of carboxylic acid groups (broad SMARTS) is 1. The van der Waals surface area contributed by atoms with Crippen molar-refractivity contribution in [3.05, 3.63) is 46.7 Å². The van der Waals surface area contributed by atoms with E-state index in [9.17, 15) is 9.59 Å². The first-order valence-electron chi connectivity index (χ1n) is 5.95. The largest absolute Gasteiger partial charge is 0.477 e. The van der Waals surface area contributed by atoms with E-state index in [-0.39, 0.29) is 10.8 Å². The Labute approximate surface area is 124 Å². The lowest BCUT2D eigenvalue weighted by molar-refractivity contribution is -0.115. The predicted molar refractivity (Wildman–Crippen MR) is 81.7 cm³/mol. The minimum atomic E-state index is -1.02. The maximum absolute atomic E-state index is 11.8. The standard InChI is InChI=1S/C14H13NO3S2/c16-12(7-9-19-10-4-2-1-3-5-10)15-11-6-8-20-13(11)14(17)18/h1-6,8H,7,9H2,(H,15,16)(H,17,18). The molecule has 1 heterocycles. The Hall–Kier alpha value is -1.79. The molecule has 0 radical (unpaired) electrons. The molecule has 2 aromatic rings. The van der Waals surface area contributed by atoms with Gasteiger partial charge in [0.1, 0.15) is 4.88 Å². The van der Waals surface area contributed by atoms with Crippen LogP contribution in [-0.2, 0) is 4.79 Å². The fourth-order valence-electron chi connectivity index (χ4n) is 1.56. The summed E-state index contributed by atoms with van der Waals surface area (Å²) in [6.45, 7) is 0. The molecule has 1 amide bonds. The lowest BCUT2D eigenvalue weighted by atomic mass is 10.3. The van der Waals surface area contributed by atoms with Gasteiger partial charge in [-0.05, 0) is 23.6 Å². The van der Waals surface area contributed by atoms with Crippen molar-refractivity contribution in [3.63, 3.8) is 0 Å². The zero-order chi connectivity index (χ0) is 14.4. The second kappa shape index (κ2) is 7.12. The van der Waals surface area contributed by atoms with Crippen molar-refractivity contribution in [3.8, 4) is 0 Å². The van der Waals surface area contributed by atoms with Gasteiger partial charge in [-0.1, -0.05) is 18.2 Å². The highest BCUT2D eigenvalue weighted by molar-refractivity contribution is 7.99. The normalized spacial score (nSPS) is 10.2. The topological polar surface area (TPSA) is 66.4 Å². The van der Waals surface area contributed by atoms with Crippen LogP contribution in [0.5, 0.6) is 0 Å². The molecular weight excluding hydrogens is 294 g/mol. The van der Waals surface area contributed by atoms with Crippen molar-refractivity contribution >= 4 is 40.7 Å². The summed E-state index contributed by atoms with van der Waals surface area (Å²) in [6.07, 6.45) is 0.342. The van der Waals surface area contributed by atoms with Crippen LogP contribution >= 0.6 is 23.1 Å². The predicted octanol–water partition coefficient (Wildman–Crippen LogP) is 3.57. The molecule has 0 spiro atoms. The third-order valence-electron chi connectivity index (χ3n) is 2.47. The smallest absolute Gasteiger partial charge is 0.348 e. The zero-order valence-corrected chi connectivity index (χ0v) is 12.2. The van der Waals surface area contributed by atoms with Gasteiger partial charge in [0.15, 0.2) is 0 Å². The molecule has 104 valence electrons. The molecule has 6 heteroatoms. The van der Waals surface area contributed by atoms with E-state index in [4.69, 9.17) is 5.11 Å². The number of aromatic carboxylic acids is 1. The lowest BCUT2D eigenvalue weighted by Gasteiger charge is -2.04. The van der Waals surface area contributed by atoms with Gasteiger partial charge >= 0.3 is 5.97 Å². The number of hydrogen-bond donors (Lipinski definition) is 2. The van der Waals surface area contributed by atoms with E-state index in [0.717, 1.165) is 16.2 Å². The van der Waals surface area contributed by atoms with E-state index in [1.54, 1.807) is 23.2 Å². The van der Waals surface area contributed by atoms with Gasteiger partial charge in [0.2, 0.25) is 5.91 Å². The number of rotatable bonds is 6.